The summed E-state index contributed by atoms with van der Waals surface area (Å²) >= 11 is 0. The molecule has 3 unspecified atom stereocenters. The molecule has 4 N–H and O–H groups in total. The van der Waals surface area contributed by atoms with E-state index in [1.54, 1.807) is 6.08 Å². The maximum absolute atomic E-state index is 12.5. The molecule has 0 saturated heterocycles. The van der Waals surface area contributed by atoms with Gasteiger partial charge < -0.3 is 20.6 Å². The SMILES string of the molecule is CCCCCCCC/C=C/CC/C=C/C(O)C(CO)NC(=O)C(O)CCCCCCCCCCCCCCCCCCCCCCCCCCCCCCCCC. The quantitative estimate of drug-likeness (QED) is 0.0364. The van der Waals surface area contributed by atoms with Gasteiger partial charge >= 0.3 is 0 Å². The van der Waals surface area contributed by atoms with Crippen LogP contribution in [0.1, 0.15) is 277 Å². The van der Waals surface area contributed by atoms with Gasteiger partial charge in [-0.05, 0) is 32.1 Å². The van der Waals surface area contributed by atoms with Gasteiger partial charge in [-0.1, -0.05) is 269 Å². The van der Waals surface area contributed by atoms with Crippen LogP contribution in [0.25, 0.3) is 0 Å². The fraction of sp³-hybridized carbons (Fsp3) is 0.904. The highest BCUT2D eigenvalue weighted by molar-refractivity contribution is 5.80. The molecule has 0 aromatic carbocycles. The average molecular weight is 804 g/mol. The van der Waals surface area contributed by atoms with E-state index in [4.69, 9.17) is 0 Å². The third-order valence-corrected chi connectivity index (χ3v) is 12.0. The summed E-state index contributed by atoms with van der Waals surface area (Å²) in [4.78, 5) is 12.5. The molecule has 0 radical (unpaired) electrons. The van der Waals surface area contributed by atoms with Crippen LogP contribution in [-0.4, -0.2) is 46.1 Å². The molecule has 0 fully saturated rings. The number of nitrogens with one attached hydrogen (secondary N) is 1. The molecule has 0 aliphatic carbocycles. The summed E-state index contributed by atoms with van der Waals surface area (Å²) in [5.41, 5.74) is 0. The van der Waals surface area contributed by atoms with Gasteiger partial charge in [0, 0.05) is 0 Å². The van der Waals surface area contributed by atoms with Gasteiger partial charge in [-0.3, -0.25) is 4.79 Å². The highest BCUT2D eigenvalue weighted by Gasteiger charge is 2.22. The standard InChI is InChI=1S/C52H101NO4/c1-3-5-7-9-11-13-15-17-18-19-20-21-22-23-24-25-26-27-28-29-30-31-32-33-34-35-37-39-41-43-45-47-51(56)52(57)53-49(48-54)50(55)46-44-42-40-38-36-16-14-12-10-8-6-4-2/h36,38,44,46,49-51,54-56H,3-35,37,39-43,45,47-48H2,1-2H3,(H,53,57)/b38-36+,46-44+. The Labute approximate surface area is 356 Å². The summed E-state index contributed by atoms with van der Waals surface area (Å²) in [5, 5.41) is 33.1. The lowest BCUT2D eigenvalue weighted by atomic mass is 10.0. The Morgan fingerprint density at radius 3 is 1.07 bits per heavy atom. The molecule has 0 spiro atoms. The summed E-state index contributed by atoms with van der Waals surface area (Å²) in [7, 11) is 0. The molecule has 0 aromatic rings. The molecule has 5 nitrogen and oxygen atoms in total. The smallest absolute Gasteiger partial charge is 0.249 e. The fourth-order valence-corrected chi connectivity index (χ4v) is 8.03. The molecule has 0 bridgehead atoms. The Bertz CT molecular complexity index is 844. The largest absolute Gasteiger partial charge is 0.394 e. The zero-order valence-electron chi connectivity index (χ0n) is 38.5. The van der Waals surface area contributed by atoms with Crippen molar-refractivity contribution >= 4 is 5.91 Å². The lowest BCUT2D eigenvalue weighted by molar-refractivity contribution is -0.131. The second-order valence-electron chi connectivity index (χ2n) is 17.7. The van der Waals surface area contributed by atoms with Gasteiger partial charge in [-0.15, -0.1) is 0 Å². The highest BCUT2D eigenvalue weighted by atomic mass is 16.3. The number of carbonyl (C=O) groups excluding carboxylic acids is 1. The summed E-state index contributed by atoms with van der Waals surface area (Å²) in [6.45, 7) is 4.17. The lowest BCUT2D eigenvalue weighted by Gasteiger charge is -2.21. The second-order valence-corrected chi connectivity index (χ2v) is 17.7. The Kier molecular flexibility index (Phi) is 46.5. The number of hydrogen-bond donors (Lipinski definition) is 4. The Balaban J connectivity index is 3.49. The van der Waals surface area contributed by atoms with E-state index < -0.39 is 24.2 Å². The van der Waals surface area contributed by atoms with Crippen LogP contribution in [0.15, 0.2) is 24.3 Å². The van der Waals surface area contributed by atoms with Gasteiger partial charge in [-0.2, -0.15) is 0 Å². The minimum absolute atomic E-state index is 0.373. The molecule has 0 aromatic heterocycles. The Morgan fingerprint density at radius 2 is 0.719 bits per heavy atom. The molecule has 5 heteroatoms. The first kappa shape index (κ1) is 55.8. The van der Waals surface area contributed by atoms with Crippen molar-refractivity contribution in [3.63, 3.8) is 0 Å². The summed E-state index contributed by atoms with van der Waals surface area (Å²) in [6, 6.07) is -0.810. The van der Waals surface area contributed by atoms with E-state index in [0.717, 1.165) is 38.5 Å². The number of allylic oxidation sites excluding steroid dienone is 3. The van der Waals surface area contributed by atoms with E-state index in [1.807, 2.05) is 6.08 Å². The number of hydrogen-bond acceptors (Lipinski definition) is 4. The molecule has 57 heavy (non-hydrogen) atoms. The van der Waals surface area contributed by atoms with Crippen LogP contribution in [0, 0.1) is 0 Å². The van der Waals surface area contributed by atoms with Crippen molar-refractivity contribution in [2.75, 3.05) is 6.61 Å². The van der Waals surface area contributed by atoms with Gasteiger partial charge in [0.15, 0.2) is 0 Å². The molecule has 0 rings (SSSR count). The summed E-state index contributed by atoms with van der Waals surface area (Å²) in [6.07, 6.45) is 59.7. The Hall–Kier alpha value is -1.17. The first-order valence-electron chi connectivity index (χ1n) is 25.7. The highest BCUT2D eigenvalue weighted by Crippen LogP contribution is 2.17. The van der Waals surface area contributed by atoms with Crippen molar-refractivity contribution in [3.8, 4) is 0 Å². The summed E-state index contributed by atoms with van der Waals surface area (Å²) in [5.74, 6) is -0.510. The molecule has 338 valence electrons. The third-order valence-electron chi connectivity index (χ3n) is 12.0. The molecule has 1 amide bonds. The number of carbonyl (C=O) groups is 1. The van der Waals surface area contributed by atoms with Crippen molar-refractivity contribution < 1.29 is 20.1 Å². The van der Waals surface area contributed by atoms with Crippen molar-refractivity contribution in [1.82, 2.24) is 5.32 Å². The van der Waals surface area contributed by atoms with Crippen LogP contribution >= 0.6 is 0 Å². The normalized spacial score (nSPS) is 13.6. The molecule has 0 aliphatic rings. The number of aliphatic hydroxyl groups excluding tert-OH is 3. The molecular weight excluding hydrogens is 703 g/mol. The van der Waals surface area contributed by atoms with E-state index in [1.165, 1.54) is 218 Å². The van der Waals surface area contributed by atoms with Gasteiger partial charge in [-0.25, -0.2) is 0 Å². The van der Waals surface area contributed by atoms with E-state index >= 15 is 0 Å². The van der Waals surface area contributed by atoms with Crippen LogP contribution in [0.5, 0.6) is 0 Å². The van der Waals surface area contributed by atoms with Crippen LogP contribution in [0.2, 0.25) is 0 Å². The zero-order chi connectivity index (χ0) is 41.5. The van der Waals surface area contributed by atoms with Crippen LogP contribution in [0.3, 0.4) is 0 Å². The minimum atomic E-state index is -1.10. The Morgan fingerprint density at radius 1 is 0.421 bits per heavy atom. The average Bonchev–Trinajstić information content (AvgIpc) is 3.22. The third kappa shape index (κ3) is 42.8. The topological polar surface area (TPSA) is 89.8 Å². The molecule has 0 saturated carbocycles. The maximum Gasteiger partial charge on any atom is 0.249 e. The zero-order valence-corrected chi connectivity index (χ0v) is 38.5. The van der Waals surface area contributed by atoms with Crippen molar-refractivity contribution in [2.24, 2.45) is 0 Å². The molecular formula is C52H101NO4. The molecule has 0 heterocycles. The number of aliphatic hydroxyl groups is 3. The van der Waals surface area contributed by atoms with E-state index in [0.29, 0.717) is 6.42 Å². The van der Waals surface area contributed by atoms with Gasteiger partial charge in [0.05, 0.1) is 18.8 Å². The number of amides is 1. The number of rotatable bonds is 47. The maximum atomic E-state index is 12.5. The summed E-state index contributed by atoms with van der Waals surface area (Å²) < 4.78 is 0. The molecule has 3 atom stereocenters. The molecule has 0 aliphatic heterocycles. The van der Waals surface area contributed by atoms with Crippen molar-refractivity contribution in [1.29, 1.82) is 0 Å². The fourth-order valence-electron chi connectivity index (χ4n) is 8.03. The van der Waals surface area contributed by atoms with E-state index in [-0.39, 0.29) is 6.61 Å². The van der Waals surface area contributed by atoms with Crippen LogP contribution < -0.4 is 5.32 Å². The van der Waals surface area contributed by atoms with Crippen molar-refractivity contribution in [2.45, 2.75) is 295 Å². The van der Waals surface area contributed by atoms with Gasteiger partial charge in [0.2, 0.25) is 5.91 Å². The van der Waals surface area contributed by atoms with E-state index in [2.05, 4.69) is 31.3 Å². The van der Waals surface area contributed by atoms with Crippen molar-refractivity contribution in [3.05, 3.63) is 24.3 Å². The predicted octanol–water partition coefficient (Wildman–Crippen LogP) is 15.3. The lowest BCUT2D eigenvalue weighted by Crippen LogP contribution is -2.48. The van der Waals surface area contributed by atoms with Gasteiger partial charge in [0.25, 0.3) is 0 Å². The minimum Gasteiger partial charge on any atom is -0.394 e. The van der Waals surface area contributed by atoms with E-state index in [9.17, 15) is 20.1 Å². The second kappa shape index (κ2) is 47.5. The van der Waals surface area contributed by atoms with Crippen LogP contribution in [0.4, 0.5) is 0 Å². The first-order valence-corrected chi connectivity index (χ1v) is 25.7. The first-order chi connectivity index (χ1) is 28.1. The van der Waals surface area contributed by atoms with Crippen LogP contribution in [-0.2, 0) is 4.79 Å². The predicted molar refractivity (Wildman–Crippen MR) is 250 cm³/mol. The number of unbranched alkanes of at least 4 members (excludes halogenated alkanes) is 37. The monoisotopic (exact) mass is 804 g/mol. The van der Waals surface area contributed by atoms with Gasteiger partial charge in [0.1, 0.15) is 6.10 Å².